The van der Waals surface area contributed by atoms with Gasteiger partial charge in [-0.05, 0) is 24.6 Å². The predicted molar refractivity (Wildman–Crippen MR) is 101 cm³/mol. The van der Waals surface area contributed by atoms with Crippen molar-refractivity contribution in [1.29, 1.82) is 0 Å². The fourth-order valence-electron chi connectivity index (χ4n) is 2.44. The van der Waals surface area contributed by atoms with Gasteiger partial charge in [0.15, 0.2) is 0 Å². The van der Waals surface area contributed by atoms with E-state index in [0.717, 1.165) is 6.42 Å². The van der Waals surface area contributed by atoms with Gasteiger partial charge in [0.25, 0.3) is 5.69 Å². The number of methoxy groups -OCH3 is 2. The average Bonchev–Trinajstić information content (AvgIpc) is 2.67. The Kier molecular flexibility index (Phi) is 6.99. The first-order chi connectivity index (χ1) is 13.0. The van der Waals surface area contributed by atoms with Gasteiger partial charge >= 0.3 is 0 Å². The quantitative estimate of drug-likeness (QED) is 0.532. The lowest BCUT2D eigenvalue weighted by molar-refractivity contribution is -0.384. The number of hydrogen-bond acceptors (Lipinski definition) is 6. The normalized spacial score (nSPS) is 10.2. The molecule has 0 fully saturated rings. The number of amides is 1. The van der Waals surface area contributed by atoms with Crippen LogP contribution in [0, 0.1) is 10.1 Å². The second-order valence-electron chi connectivity index (χ2n) is 5.69. The molecule has 8 heteroatoms. The van der Waals surface area contributed by atoms with Crippen molar-refractivity contribution in [3.8, 4) is 17.2 Å². The summed E-state index contributed by atoms with van der Waals surface area (Å²) >= 11 is 0. The zero-order chi connectivity index (χ0) is 19.8. The molecule has 8 nitrogen and oxygen atoms in total. The van der Waals surface area contributed by atoms with Crippen LogP contribution in [-0.4, -0.2) is 31.7 Å². The maximum Gasteiger partial charge on any atom is 0.296 e. The van der Waals surface area contributed by atoms with E-state index in [1.54, 1.807) is 24.3 Å². The molecule has 0 aliphatic heterocycles. The SMILES string of the molecule is CCCOc1ccc(NC(=O)Cc2ccc(OC)cc2OC)c([N+](=O)[O-])c1. The number of rotatable bonds is 9. The van der Waals surface area contributed by atoms with E-state index in [0.29, 0.717) is 29.4 Å². The Bertz CT molecular complexity index is 822. The topological polar surface area (TPSA) is 99.9 Å². The predicted octanol–water partition coefficient (Wildman–Crippen LogP) is 3.58. The van der Waals surface area contributed by atoms with Crippen molar-refractivity contribution >= 4 is 17.3 Å². The van der Waals surface area contributed by atoms with Crippen LogP contribution in [0.15, 0.2) is 36.4 Å². The van der Waals surface area contributed by atoms with Crippen LogP contribution in [0.2, 0.25) is 0 Å². The van der Waals surface area contributed by atoms with Crippen LogP contribution >= 0.6 is 0 Å². The third-order valence-corrected chi connectivity index (χ3v) is 3.76. The number of benzene rings is 2. The molecule has 1 amide bonds. The first-order valence-corrected chi connectivity index (χ1v) is 8.40. The minimum absolute atomic E-state index is 0.00158. The maximum absolute atomic E-state index is 12.4. The molecule has 0 heterocycles. The summed E-state index contributed by atoms with van der Waals surface area (Å²) in [5.74, 6) is 1.10. The van der Waals surface area contributed by atoms with Gasteiger partial charge in [-0.15, -0.1) is 0 Å². The van der Waals surface area contributed by atoms with E-state index in [1.807, 2.05) is 6.92 Å². The Hall–Kier alpha value is -3.29. The molecule has 0 saturated carbocycles. The molecule has 2 aromatic rings. The number of hydrogen-bond donors (Lipinski definition) is 1. The molecule has 2 aromatic carbocycles. The van der Waals surface area contributed by atoms with Crippen LogP contribution in [0.4, 0.5) is 11.4 Å². The lowest BCUT2D eigenvalue weighted by atomic mass is 10.1. The molecule has 144 valence electrons. The molecular formula is C19H22N2O6. The van der Waals surface area contributed by atoms with Gasteiger partial charge in [-0.3, -0.25) is 14.9 Å². The van der Waals surface area contributed by atoms with E-state index in [2.05, 4.69) is 5.32 Å². The Morgan fingerprint density at radius 1 is 1.11 bits per heavy atom. The zero-order valence-corrected chi connectivity index (χ0v) is 15.5. The van der Waals surface area contributed by atoms with Gasteiger partial charge in [-0.25, -0.2) is 0 Å². The minimum atomic E-state index is -0.553. The summed E-state index contributed by atoms with van der Waals surface area (Å²) in [5, 5.41) is 13.9. The highest BCUT2D eigenvalue weighted by atomic mass is 16.6. The molecule has 0 spiro atoms. The second kappa shape index (κ2) is 9.42. The van der Waals surface area contributed by atoms with E-state index in [4.69, 9.17) is 14.2 Å². The van der Waals surface area contributed by atoms with Crippen molar-refractivity contribution in [1.82, 2.24) is 0 Å². The number of nitro groups is 1. The number of nitrogens with zero attached hydrogens (tertiary/aromatic N) is 1. The van der Waals surface area contributed by atoms with Crippen molar-refractivity contribution < 1.29 is 23.9 Å². The van der Waals surface area contributed by atoms with E-state index in [-0.39, 0.29) is 17.8 Å². The molecule has 0 radical (unpaired) electrons. The molecule has 0 aliphatic rings. The van der Waals surface area contributed by atoms with Crippen molar-refractivity contribution in [3.63, 3.8) is 0 Å². The first-order valence-electron chi connectivity index (χ1n) is 8.40. The van der Waals surface area contributed by atoms with Crippen LogP contribution in [0.3, 0.4) is 0 Å². The second-order valence-corrected chi connectivity index (χ2v) is 5.69. The molecule has 1 N–H and O–H groups in total. The van der Waals surface area contributed by atoms with Gasteiger partial charge < -0.3 is 19.5 Å². The van der Waals surface area contributed by atoms with Gasteiger partial charge in [-0.1, -0.05) is 13.0 Å². The third kappa shape index (κ3) is 5.34. The molecule has 0 atom stereocenters. The summed E-state index contributed by atoms with van der Waals surface area (Å²) in [6.07, 6.45) is 0.786. The van der Waals surface area contributed by atoms with Crippen LogP contribution in [0.5, 0.6) is 17.2 Å². The van der Waals surface area contributed by atoms with Gasteiger partial charge in [0.1, 0.15) is 22.9 Å². The summed E-state index contributed by atoms with van der Waals surface area (Å²) in [6, 6.07) is 9.46. The number of ether oxygens (including phenoxy) is 3. The Balaban J connectivity index is 2.16. The standard InChI is InChI=1S/C19H22N2O6/c1-4-9-27-15-7-8-16(17(11-15)21(23)24)20-19(22)10-13-5-6-14(25-2)12-18(13)26-3/h5-8,11-12H,4,9-10H2,1-3H3,(H,20,22). The number of carbonyl (C=O) groups excluding carboxylic acids is 1. The highest BCUT2D eigenvalue weighted by molar-refractivity contribution is 5.94. The highest BCUT2D eigenvalue weighted by Gasteiger charge is 2.18. The van der Waals surface area contributed by atoms with Crippen molar-refractivity contribution in [2.45, 2.75) is 19.8 Å². The lowest BCUT2D eigenvalue weighted by Gasteiger charge is -2.11. The van der Waals surface area contributed by atoms with Crippen LogP contribution in [-0.2, 0) is 11.2 Å². The molecule has 0 aromatic heterocycles. The fourth-order valence-corrected chi connectivity index (χ4v) is 2.44. The largest absolute Gasteiger partial charge is 0.497 e. The number of carbonyl (C=O) groups is 1. The molecule has 0 aliphatic carbocycles. The molecule has 0 unspecified atom stereocenters. The van der Waals surface area contributed by atoms with Crippen LogP contribution in [0.25, 0.3) is 0 Å². The molecule has 0 saturated heterocycles. The molecular weight excluding hydrogens is 352 g/mol. The lowest BCUT2D eigenvalue weighted by Crippen LogP contribution is -2.16. The van der Waals surface area contributed by atoms with E-state index in [9.17, 15) is 14.9 Å². The Morgan fingerprint density at radius 2 is 1.85 bits per heavy atom. The van der Waals surface area contributed by atoms with Gasteiger partial charge in [-0.2, -0.15) is 0 Å². The van der Waals surface area contributed by atoms with E-state index in [1.165, 1.54) is 26.4 Å². The van der Waals surface area contributed by atoms with Crippen molar-refractivity contribution in [2.75, 3.05) is 26.1 Å². The number of nitrogens with one attached hydrogen (secondary N) is 1. The van der Waals surface area contributed by atoms with Crippen molar-refractivity contribution in [2.24, 2.45) is 0 Å². The Morgan fingerprint density at radius 3 is 2.48 bits per heavy atom. The third-order valence-electron chi connectivity index (χ3n) is 3.76. The highest BCUT2D eigenvalue weighted by Crippen LogP contribution is 2.30. The summed E-state index contributed by atoms with van der Waals surface area (Å²) in [5.41, 5.74) is 0.529. The van der Waals surface area contributed by atoms with E-state index >= 15 is 0 Å². The summed E-state index contributed by atoms with van der Waals surface area (Å²) in [6.45, 7) is 2.40. The average molecular weight is 374 g/mol. The molecule has 0 bridgehead atoms. The number of nitro benzene ring substituents is 1. The van der Waals surface area contributed by atoms with Gasteiger partial charge in [0.05, 0.1) is 38.2 Å². The monoisotopic (exact) mass is 374 g/mol. The first kappa shape index (κ1) is 20.0. The van der Waals surface area contributed by atoms with Crippen LogP contribution in [0.1, 0.15) is 18.9 Å². The van der Waals surface area contributed by atoms with Gasteiger partial charge in [0, 0.05) is 11.6 Å². The molecule has 27 heavy (non-hydrogen) atoms. The van der Waals surface area contributed by atoms with Crippen LogP contribution < -0.4 is 19.5 Å². The fraction of sp³-hybridized carbons (Fsp3) is 0.316. The summed E-state index contributed by atoms with van der Waals surface area (Å²) in [7, 11) is 3.03. The van der Waals surface area contributed by atoms with E-state index < -0.39 is 10.8 Å². The smallest absolute Gasteiger partial charge is 0.296 e. The summed E-state index contributed by atoms with van der Waals surface area (Å²) in [4.78, 5) is 23.2. The van der Waals surface area contributed by atoms with Crippen molar-refractivity contribution in [3.05, 3.63) is 52.1 Å². The minimum Gasteiger partial charge on any atom is -0.497 e. The molecule has 2 rings (SSSR count). The summed E-state index contributed by atoms with van der Waals surface area (Å²) < 4.78 is 15.8. The Labute approximate surface area is 157 Å². The number of anilines is 1. The maximum atomic E-state index is 12.4. The zero-order valence-electron chi connectivity index (χ0n) is 15.5. The van der Waals surface area contributed by atoms with Gasteiger partial charge in [0.2, 0.25) is 5.91 Å².